The van der Waals surface area contributed by atoms with E-state index in [1.165, 1.54) is 39.2 Å². The lowest BCUT2D eigenvalue weighted by atomic mass is 10.1. The van der Waals surface area contributed by atoms with Crippen molar-refractivity contribution in [2.24, 2.45) is 0 Å². The van der Waals surface area contributed by atoms with Crippen LogP contribution in [0.2, 0.25) is 0 Å². The number of carbonyl (C=O) groups excluding carboxylic acids is 3. The minimum Gasteiger partial charge on any atom is -0.493 e. The molecule has 1 aromatic heterocycles. The van der Waals surface area contributed by atoms with Crippen LogP contribution in [0.1, 0.15) is 22.8 Å². The van der Waals surface area contributed by atoms with Crippen LogP contribution in [0, 0.1) is 0 Å². The van der Waals surface area contributed by atoms with Crippen molar-refractivity contribution in [3.05, 3.63) is 108 Å². The van der Waals surface area contributed by atoms with Crippen LogP contribution in [-0.4, -0.2) is 49.3 Å². The van der Waals surface area contributed by atoms with E-state index in [0.29, 0.717) is 39.8 Å². The zero-order valence-electron chi connectivity index (χ0n) is 24.6. The number of nitrogens with zero attached hydrogens (tertiary/aromatic N) is 1. The maximum Gasteiger partial charge on any atom is 0.272 e. The van der Waals surface area contributed by atoms with Crippen LogP contribution in [0.15, 0.2) is 102 Å². The summed E-state index contributed by atoms with van der Waals surface area (Å²) in [5.41, 5.74) is 2.02. The molecule has 3 aromatic carbocycles. The predicted octanol–water partition coefficient (Wildman–Crippen LogP) is 5.64. The third kappa shape index (κ3) is 8.39. The summed E-state index contributed by atoms with van der Waals surface area (Å²) in [6.45, 7) is 1.80. The average molecular weight is 613 g/mol. The summed E-state index contributed by atoms with van der Waals surface area (Å²) in [5, 5.41) is 8.01. The lowest BCUT2D eigenvalue weighted by molar-refractivity contribution is -0.115. The first-order valence-corrected chi connectivity index (χ1v) is 14.4. The zero-order valence-corrected chi connectivity index (χ0v) is 25.4. The van der Waals surface area contributed by atoms with Crippen molar-refractivity contribution in [1.29, 1.82) is 0 Å². The summed E-state index contributed by atoms with van der Waals surface area (Å²) in [6, 6.07) is 22.4. The SMILES string of the molecule is COc1cc(/C=C(/NC(=O)c2ccccc2)C(=O)Nc2cccc(SC(C)C(=O)Nc3ccncc3)c2)cc(OC)c1OC. The molecule has 10 nitrogen and oxygen atoms in total. The first kappa shape index (κ1) is 31.6. The Morgan fingerprint density at radius 1 is 0.795 bits per heavy atom. The highest BCUT2D eigenvalue weighted by Gasteiger charge is 2.19. The van der Waals surface area contributed by atoms with Crippen LogP contribution in [0.25, 0.3) is 6.08 Å². The molecule has 1 unspecified atom stereocenters. The normalized spacial score (nSPS) is 11.6. The summed E-state index contributed by atoms with van der Waals surface area (Å²) in [7, 11) is 4.48. The summed E-state index contributed by atoms with van der Waals surface area (Å²) >= 11 is 1.34. The van der Waals surface area contributed by atoms with E-state index in [-0.39, 0.29) is 11.6 Å². The molecule has 0 spiro atoms. The Balaban J connectivity index is 1.57. The molecule has 4 aromatic rings. The zero-order chi connectivity index (χ0) is 31.5. The van der Waals surface area contributed by atoms with Gasteiger partial charge in [0.15, 0.2) is 11.5 Å². The smallest absolute Gasteiger partial charge is 0.272 e. The molecule has 0 saturated carbocycles. The summed E-state index contributed by atoms with van der Waals surface area (Å²) < 4.78 is 16.3. The minimum atomic E-state index is -0.561. The van der Waals surface area contributed by atoms with Gasteiger partial charge in [-0.05, 0) is 73.2 Å². The van der Waals surface area contributed by atoms with Crippen LogP contribution in [0.5, 0.6) is 17.2 Å². The number of carbonyl (C=O) groups is 3. The molecule has 0 bridgehead atoms. The van der Waals surface area contributed by atoms with E-state index in [4.69, 9.17) is 14.2 Å². The lowest BCUT2D eigenvalue weighted by Crippen LogP contribution is -2.30. The van der Waals surface area contributed by atoms with Crippen LogP contribution in [-0.2, 0) is 9.59 Å². The van der Waals surface area contributed by atoms with Crippen LogP contribution >= 0.6 is 11.8 Å². The monoisotopic (exact) mass is 612 g/mol. The van der Waals surface area contributed by atoms with E-state index in [9.17, 15) is 14.4 Å². The molecular weight excluding hydrogens is 580 g/mol. The predicted molar refractivity (Wildman–Crippen MR) is 171 cm³/mol. The van der Waals surface area contributed by atoms with Gasteiger partial charge in [-0.25, -0.2) is 0 Å². The van der Waals surface area contributed by atoms with E-state index < -0.39 is 17.1 Å². The molecule has 0 aliphatic carbocycles. The van der Waals surface area contributed by atoms with Gasteiger partial charge in [-0.1, -0.05) is 24.3 Å². The van der Waals surface area contributed by atoms with E-state index in [2.05, 4.69) is 20.9 Å². The van der Waals surface area contributed by atoms with Gasteiger partial charge in [-0.3, -0.25) is 19.4 Å². The van der Waals surface area contributed by atoms with E-state index >= 15 is 0 Å². The standard InChI is InChI=1S/C33H32N4O6S/c1-21(31(38)35-24-13-15-34-16-14-24)44-26-12-8-11-25(20-26)36-33(40)27(37-32(39)23-9-6-5-7-10-23)17-22-18-28(41-2)30(43-4)29(19-22)42-3/h5-21H,1-4H3,(H,36,40)(H,37,39)(H,34,35,38)/b27-17+. The maximum atomic E-state index is 13.6. The Labute approximate surface area is 259 Å². The molecule has 0 saturated heterocycles. The second-order valence-corrected chi connectivity index (χ2v) is 10.7. The molecule has 226 valence electrons. The van der Waals surface area contributed by atoms with Crippen LogP contribution < -0.4 is 30.2 Å². The van der Waals surface area contributed by atoms with Gasteiger partial charge in [0.1, 0.15) is 5.70 Å². The molecule has 4 rings (SSSR count). The van der Waals surface area contributed by atoms with Crippen molar-refractivity contribution in [2.45, 2.75) is 17.1 Å². The molecule has 0 fully saturated rings. The molecule has 0 aliphatic heterocycles. The highest BCUT2D eigenvalue weighted by Crippen LogP contribution is 2.38. The number of hydrogen-bond acceptors (Lipinski definition) is 8. The van der Waals surface area contributed by atoms with E-state index in [0.717, 1.165) is 4.90 Å². The number of hydrogen-bond donors (Lipinski definition) is 3. The molecule has 1 atom stereocenters. The number of pyridine rings is 1. The highest BCUT2D eigenvalue weighted by atomic mass is 32.2. The Bertz CT molecular complexity index is 1620. The number of ether oxygens (including phenoxy) is 3. The number of methoxy groups -OCH3 is 3. The average Bonchev–Trinajstić information content (AvgIpc) is 3.04. The van der Waals surface area contributed by atoms with Gasteiger partial charge < -0.3 is 30.2 Å². The number of nitrogens with one attached hydrogen (secondary N) is 3. The lowest BCUT2D eigenvalue weighted by Gasteiger charge is -2.15. The van der Waals surface area contributed by atoms with Gasteiger partial charge in [0.2, 0.25) is 11.7 Å². The van der Waals surface area contributed by atoms with Crippen molar-refractivity contribution in [2.75, 3.05) is 32.0 Å². The largest absolute Gasteiger partial charge is 0.493 e. The fourth-order valence-electron chi connectivity index (χ4n) is 4.08. The molecule has 3 amide bonds. The maximum absolute atomic E-state index is 13.6. The van der Waals surface area contributed by atoms with Gasteiger partial charge in [0, 0.05) is 34.2 Å². The first-order chi connectivity index (χ1) is 21.3. The van der Waals surface area contributed by atoms with Gasteiger partial charge in [0.25, 0.3) is 11.8 Å². The Morgan fingerprint density at radius 3 is 2.11 bits per heavy atom. The van der Waals surface area contributed by atoms with Crippen LogP contribution in [0.3, 0.4) is 0 Å². The molecule has 1 heterocycles. The highest BCUT2D eigenvalue weighted by molar-refractivity contribution is 8.00. The summed E-state index contributed by atoms with van der Waals surface area (Å²) in [5.74, 6) is -0.0242. The number of amides is 3. The van der Waals surface area contributed by atoms with Gasteiger partial charge in [-0.15, -0.1) is 11.8 Å². The van der Waals surface area contributed by atoms with Gasteiger partial charge in [0.05, 0.1) is 26.6 Å². The number of rotatable bonds is 12. The second-order valence-electron chi connectivity index (χ2n) is 9.30. The van der Waals surface area contributed by atoms with Crippen molar-refractivity contribution in [3.63, 3.8) is 0 Å². The second kappa shape index (κ2) is 15.3. The molecule has 11 heteroatoms. The van der Waals surface area contributed by atoms with Gasteiger partial charge >= 0.3 is 0 Å². The third-order valence-corrected chi connectivity index (χ3v) is 7.34. The topological polar surface area (TPSA) is 128 Å². The number of anilines is 2. The van der Waals surface area contributed by atoms with Gasteiger partial charge in [-0.2, -0.15) is 0 Å². The third-order valence-electron chi connectivity index (χ3n) is 6.25. The molecule has 3 N–H and O–H groups in total. The fourth-order valence-corrected chi connectivity index (χ4v) is 5.00. The fraction of sp³-hybridized carbons (Fsp3) is 0.152. The molecule has 0 radical (unpaired) electrons. The molecular formula is C33H32N4O6S. The number of benzene rings is 3. The summed E-state index contributed by atoms with van der Waals surface area (Å²) in [6.07, 6.45) is 4.73. The summed E-state index contributed by atoms with van der Waals surface area (Å²) in [4.78, 5) is 44.1. The Morgan fingerprint density at radius 2 is 1.48 bits per heavy atom. The van der Waals surface area contributed by atoms with E-state index in [1.54, 1.807) is 92.1 Å². The Hall–Kier alpha value is -5.29. The van der Waals surface area contributed by atoms with Crippen LogP contribution in [0.4, 0.5) is 11.4 Å². The minimum absolute atomic E-state index is 0.0173. The number of thioether (sulfide) groups is 1. The number of aromatic nitrogens is 1. The molecule has 44 heavy (non-hydrogen) atoms. The Kier molecular flexibility index (Phi) is 11.0. The first-order valence-electron chi connectivity index (χ1n) is 13.5. The van der Waals surface area contributed by atoms with Crippen molar-refractivity contribution < 1.29 is 28.6 Å². The van der Waals surface area contributed by atoms with Crippen molar-refractivity contribution in [1.82, 2.24) is 10.3 Å². The quantitative estimate of drug-likeness (QED) is 0.139. The molecule has 0 aliphatic rings. The van der Waals surface area contributed by atoms with Crippen molar-refractivity contribution >= 4 is 46.9 Å². The van der Waals surface area contributed by atoms with Crippen molar-refractivity contribution in [3.8, 4) is 17.2 Å². The van der Waals surface area contributed by atoms with E-state index in [1.807, 2.05) is 6.07 Å².